The first-order valence-corrected chi connectivity index (χ1v) is 6.10. The predicted octanol–water partition coefficient (Wildman–Crippen LogP) is 3.17. The van der Waals surface area contributed by atoms with Gasteiger partial charge in [-0.1, -0.05) is 42.2 Å². The Labute approximate surface area is 112 Å². The Morgan fingerprint density at radius 3 is 2.32 bits per heavy atom. The molecule has 0 amide bonds. The van der Waals surface area contributed by atoms with E-state index in [0.29, 0.717) is 6.42 Å². The standard InChI is InChI=1S/C17H15FO/c1-17(19,12-11-14-5-3-2-4-6-14)13-15-7-9-16(18)10-8-15/h2-10,19H,13H2,1H3. The Balaban J connectivity index is 2.11. The van der Waals surface area contributed by atoms with E-state index < -0.39 is 5.60 Å². The van der Waals surface area contributed by atoms with Crippen molar-refractivity contribution in [2.24, 2.45) is 0 Å². The van der Waals surface area contributed by atoms with Crippen molar-refractivity contribution in [3.8, 4) is 11.8 Å². The van der Waals surface area contributed by atoms with Gasteiger partial charge < -0.3 is 5.11 Å². The first-order valence-electron chi connectivity index (χ1n) is 6.10. The molecule has 2 rings (SSSR count). The fourth-order valence-corrected chi connectivity index (χ4v) is 1.77. The van der Waals surface area contributed by atoms with Crippen LogP contribution in [0.15, 0.2) is 54.6 Å². The second-order valence-corrected chi connectivity index (χ2v) is 4.69. The fraction of sp³-hybridized carbons (Fsp3) is 0.176. The molecule has 0 aliphatic rings. The summed E-state index contributed by atoms with van der Waals surface area (Å²) in [5, 5.41) is 10.2. The Morgan fingerprint density at radius 2 is 1.68 bits per heavy atom. The highest BCUT2D eigenvalue weighted by Gasteiger charge is 2.17. The summed E-state index contributed by atoms with van der Waals surface area (Å²) in [7, 11) is 0. The van der Waals surface area contributed by atoms with Crippen LogP contribution in [0, 0.1) is 17.7 Å². The lowest BCUT2D eigenvalue weighted by Crippen LogP contribution is -2.24. The average molecular weight is 254 g/mol. The van der Waals surface area contributed by atoms with Gasteiger partial charge in [-0.3, -0.25) is 0 Å². The van der Waals surface area contributed by atoms with Gasteiger partial charge in [0.25, 0.3) is 0 Å². The topological polar surface area (TPSA) is 20.2 Å². The highest BCUT2D eigenvalue weighted by Crippen LogP contribution is 2.13. The summed E-state index contributed by atoms with van der Waals surface area (Å²) in [5.74, 6) is 5.51. The minimum Gasteiger partial charge on any atom is -0.378 e. The van der Waals surface area contributed by atoms with Crippen molar-refractivity contribution in [2.45, 2.75) is 18.9 Å². The van der Waals surface area contributed by atoms with Crippen molar-refractivity contribution in [3.05, 3.63) is 71.5 Å². The molecular formula is C17H15FO. The Kier molecular flexibility index (Phi) is 3.99. The number of halogens is 1. The molecule has 2 aromatic rings. The molecule has 0 fully saturated rings. The zero-order valence-corrected chi connectivity index (χ0v) is 10.7. The largest absolute Gasteiger partial charge is 0.378 e. The van der Waals surface area contributed by atoms with Crippen LogP contribution in [0.3, 0.4) is 0 Å². The molecule has 2 aromatic carbocycles. The van der Waals surface area contributed by atoms with Crippen molar-refractivity contribution in [1.82, 2.24) is 0 Å². The van der Waals surface area contributed by atoms with E-state index in [2.05, 4.69) is 11.8 Å². The maximum atomic E-state index is 12.8. The monoisotopic (exact) mass is 254 g/mol. The molecule has 0 saturated heterocycles. The molecule has 2 heteroatoms. The molecule has 1 nitrogen and oxygen atoms in total. The van der Waals surface area contributed by atoms with Crippen LogP contribution in [-0.4, -0.2) is 10.7 Å². The Morgan fingerprint density at radius 1 is 1.05 bits per heavy atom. The fourth-order valence-electron chi connectivity index (χ4n) is 1.77. The van der Waals surface area contributed by atoms with Gasteiger partial charge in [-0.25, -0.2) is 4.39 Å². The first-order chi connectivity index (χ1) is 9.05. The van der Waals surface area contributed by atoms with Crippen LogP contribution in [0.2, 0.25) is 0 Å². The lowest BCUT2D eigenvalue weighted by atomic mass is 9.97. The van der Waals surface area contributed by atoms with Gasteiger partial charge in [0.05, 0.1) is 0 Å². The third kappa shape index (κ3) is 4.24. The van der Waals surface area contributed by atoms with Crippen LogP contribution in [0.4, 0.5) is 4.39 Å². The molecule has 0 aliphatic heterocycles. The van der Waals surface area contributed by atoms with Gasteiger partial charge in [0.1, 0.15) is 11.4 Å². The van der Waals surface area contributed by atoms with Gasteiger partial charge in [0.15, 0.2) is 0 Å². The summed E-state index contributed by atoms with van der Waals surface area (Å²) < 4.78 is 12.8. The molecule has 0 spiro atoms. The van der Waals surface area contributed by atoms with Crippen LogP contribution in [0.1, 0.15) is 18.1 Å². The van der Waals surface area contributed by atoms with E-state index in [1.165, 1.54) is 12.1 Å². The molecule has 1 N–H and O–H groups in total. The van der Waals surface area contributed by atoms with Crippen LogP contribution in [0.25, 0.3) is 0 Å². The average Bonchev–Trinajstić information content (AvgIpc) is 2.40. The highest BCUT2D eigenvalue weighted by molar-refractivity contribution is 5.36. The van der Waals surface area contributed by atoms with Crippen molar-refractivity contribution in [2.75, 3.05) is 0 Å². The third-order valence-electron chi connectivity index (χ3n) is 2.71. The number of aliphatic hydroxyl groups is 1. The molecule has 0 saturated carbocycles. The van der Waals surface area contributed by atoms with E-state index in [-0.39, 0.29) is 5.82 Å². The quantitative estimate of drug-likeness (QED) is 0.816. The first kappa shape index (κ1) is 13.3. The zero-order chi connectivity index (χ0) is 13.7. The van der Waals surface area contributed by atoms with Gasteiger partial charge in [-0.05, 0) is 36.8 Å². The molecule has 96 valence electrons. The summed E-state index contributed by atoms with van der Waals surface area (Å²) in [6.07, 6.45) is 0.368. The van der Waals surface area contributed by atoms with Crippen molar-refractivity contribution in [3.63, 3.8) is 0 Å². The van der Waals surface area contributed by atoms with E-state index in [9.17, 15) is 9.50 Å². The second-order valence-electron chi connectivity index (χ2n) is 4.69. The summed E-state index contributed by atoms with van der Waals surface area (Å²) in [4.78, 5) is 0. The molecule has 1 atom stereocenters. The van der Waals surface area contributed by atoms with Crippen molar-refractivity contribution < 1.29 is 9.50 Å². The summed E-state index contributed by atoms with van der Waals surface area (Å²) in [6, 6.07) is 15.6. The van der Waals surface area contributed by atoms with Crippen molar-refractivity contribution >= 4 is 0 Å². The number of benzene rings is 2. The van der Waals surface area contributed by atoms with Crippen LogP contribution in [0.5, 0.6) is 0 Å². The van der Waals surface area contributed by atoms with Crippen molar-refractivity contribution in [1.29, 1.82) is 0 Å². The van der Waals surface area contributed by atoms with E-state index in [1.807, 2.05) is 30.3 Å². The van der Waals surface area contributed by atoms with E-state index in [0.717, 1.165) is 11.1 Å². The molecule has 19 heavy (non-hydrogen) atoms. The number of hydrogen-bond acceptors (Lipinski definition) is 1. The van der Waals surface area contributed by atoms with E-state index >= 15 is 0 Å². The van der Waals surface area contributed by atoms with E-state index in [4.69, 9.17) is 0 Å². The molecule has 1 unspecified atom stereocenters. The molecule has 0 aliphatic carbocycles. The number of rotatable bonds is 2. The Hall–Kier alpha value is -2.11. The minimum atomic E-state index is -1.13. The summed E-state index contributed by atoms with van der Waals surface area (Å²) >= 11 is 0. The predicted molar refractivity (Wildman–Crippen MR) is 74.0 cm³/mol. The molecule has 0 heterocycles. The maximum absolute atomic E-state index is 12.8. The molecule has 0 aromatic heterocycles. The van der Waals surface area contributed by atoms with Gasteiger partial charge in [-0.2, -0.15) is 0 Å². The zero-order valence-electron chi connectivity index (χ0n) is 10.7. The highest BCUT2D eigenvalue weighted by atomic mass is 19.1. The third-order valence-corrected chi connectivity index (χ3v) is 2.71. The molecule has 0 bridgehead atoms. The minimum absolute atomic E-state index is 0.279. The Bertz CT molecular complexity index is 589. The van der Waals surface area contributed by atoms with Gasteiger partial charge in [0.2, 0.25) is 0 Å². The van der Waals surface area contributed by atoms with E-state index in [1.54, 1.807) is 19.1 Å². The maximum Gasteiger partial charge on any atom is 0.127 e. The van der Waals surface area contributed by atoms with Crippen LogP contribution in [-0.2, 0) is 6.42 Å². The molecule has 0 radical (unpaired) electrons. The van der Waals surface area contributed by atoms with Gasteiger partial charge >= 0.3 is 0 Å². The van der Waals surface area contributed by atoms with Gasteiger partial charge in [0, 0.05) is 12.0 Å². The van der Waals surface area contributed by atoms with Gasteiger partial charge in [-0.15, -0.1) is 0 Å². The second kappa shape index (κ2) is 5.69. The summed E-state index contributed by atoms with van der Waals surface area (Å²) in [6.45, 7) is 1.66. The lowest BCUT2D eigenvalue weighted by Gasteiger charge is -2.16. The number of hydrogen-bond donors (Lipinski definition) is 1. The molecular weight excluding hydrogens is 239 g/mol. The van der Waals surface area contributed by atoms with Crippen LogP contribution < -0.4 is 0 Å². The van der Waals surface area contributed by atoms with Crippen LogP contribution >= 0.6 is 0 Å². The summed E-state index contributed by atoms with van der Waals surface area (Å²) in [5.41, 5.74) is 0.587. The lowest BCUT2D eigenvalue weighted by molar-refractivity contribution is 0.123. The smallest absolute Gasteiger partial charge is 0.127 e. The normalized spacial score (nSPS) is 13.2. The SMILES string of the molecule is CC(O)(C#Cc1ccccc1)Cc1ccc(F)cc1.